The second-order valence-corrected chi connectivity index (χ2v) is 8.67. The number of ether oxygens (including phenoxy) is 3. The third-order valence-electron chi connectivity index (χ3n) is 5.21. The van der Waals surface area contributed by atoms with E-state index in [1.54, 1.807) is 0 Å². The first kappa shape index (κ1) is 25.3. The third kappa shape index (κ3) is 7.33. The van der Waals surface area contributed by atoms with E-state index in [0.717, 1.165) is 19.3 Å². The number of alkyl halides is 2. The van der Waals surface area contributed by atoms with Gasteiger partial charge in [0.15, 0.2) is 11.5 Å². The molecule has 1 aliphatic carbocycles. The molecule has 1 N–H and O–H groups in total. The van der Waals surface area contributed by atoms with Crippen molar-refractivity contribution in [2.24, 2.45) is 5.92 Å². The van der Waals surface area contributed by atoms with Gasteiger partial charge in [0.05, 0.1) is 11.6 Å². The smallest absolute Gasteiger partial charge is 0.387 e. The Balaban J connectivity index is 1.94. The molecule has 0 bridgehead atoms. The molecular weight excluding hydrogens is 479 g/mol. The van der Waals surface area contributed by atoms with Gasteiger partial charge in [-0.1, -0.05) is 42.6 Å². The highest BCUT2D eigenvalue weighted by Gasteiger charge is 2.26. The first-order valence-electron chi connectivity index (χ1n) is 10.7. The number of hydrogen-bond donors (Lipinski definition) is 1. The van der Waals surface area contributed by atoms with E-state index in [-0.39, 0.29) is 34.4 Å². The van der Waals surface area contributed by atoms with E-state index in [0.29, 0.717) is 30.1 Å². The second-order valence-electron chi connectivity index (χ2n) is 7.88. The Labute approximate surface area is 200 Å². The number of hydrogen-bond acceptors (Lipinski definition) is 5. The van der Waals surface area contributed by atoms with Crippen molar-refractivity contribution in [2.75, 3.05) is 6.61 Å². The fraction of sp³-hybridized carbons (Fsp3) is 0.478. The lowest BCUT2D eigenvalue weighted by molar-refractivity contribution is -0.149. The lowest BCUT2D eigenvalue weighted by atomic mass is 10.0. The van der Waals surface area contributed by atoms with E-state index < -0.39 is 24.2 Å². The molecule has 1 saturated carbocycles. The average molecular weight is 504 g/mol. The van der Waals surface area contributed by atoms with E-state index in [4.69, 9.17) is 32.7 Å². The SMILES string of the molecule is CCCCC(=O)OC(Cc1c(Cl)c[nH]c(=O)c1Cl)c1ccc(OC(F)F)c(OCC2CC2)c1. The number of carbonyl (C=O) groups is 1. The summed E-state index contributed by atoms with van der Waals surface area (Å²) in [7, 11) is 0. The highest BCUT2D eigenvalue weighted by Crippen LogP contribution is 2.37. The van der Waals surface area contributed by atoms with Gasteiger partial charge in [-0.05, 0) is 42.9 Å². The normalized spacial score (nSPS) is 14.2. The summed E-state index contributed by atoms with van der Waals surface area (Å²) < 4.78 is 41.7. The van der Waals surface area contributed by atoms with Crippen molar-refractivity contribution in [3.8, 4) is 11.5 Å². The maximum Gasteiger partial charge on any atom is 0.387 e. The lowest BCUT2D eigenvalue weighted by Gasteiger charge is -2.21. The zero-order valence-corrected chi connectivity index (χ0v) is 19.6. The summed E-state index contributed by atoms with van der Waals surface area (Å²) in [5, 5.41) is 0.0945. The topological polar surface area (TPSA) is 77.6 Å². The first-order chi connectivity index (χ1) is 15.8. The Bertz CT molecular complexity index is 1030. The molecule has 1 heterocycles. The number of aromatic amines is 1. The zero-order chi connectivity index (χ0) is 24.0. The van der Waals surface area contributed by atoms with Gasteiger partial charge in [0.1, 0.15) is 11.1 Å². The Morgan fingerprint density at radius 3 is 2.67 bits per heavy atom. The van der Waals surface area contributed by atoms with Crippen molar-refractivity contribution >= 4 is 29.2 Å². The van der Waals surface area contributed by atoms with Gasteiger partial charge in [0.25, 0.3) is 5.56 Å². The number of carbonyl (C=O) groups excluding carboxylic acids is 1. The lowest BCUT2D eigenvalue weighted by Crippen LogP contribution is -2.17. The molecule has 1 unspecified atom stereocenters. The van der Waals surface area contributed by atoms with Crippen LogP contribution in [0.1, 0.15) is 56.3 Å². The molecule has 10 heteroatoms. The van der Waals surface area contributed by atoms with Crippen LogP contribution in [0.3, 0.4) is 0 Å². The Morgan fingerprint density at radius 1 is 1.24 bits per heavy atom. The summed E-state index contributed by atoms with van der Waals surface area (Å²) in [4.78, 5) is 26.8. The van der Waals surface area contributed by atoms with Crippen molar-refractivity contribution < 1.29 is 27.8 Å². The van der Waals surface area contributed by atoms with Gasteiger partial charge in [0.2, 0.25) is 0 Å². The van der Waals surface area contributed by atoms with Gasteiger partial charge < -0.3 is 19.2 Å². The molecule has 0 saturated heterocycles. The molecule has 3 rings (SSSR count). The van der Waals surface area contributed by atoms with E-state index in [1.165, 1.54) is 24.4 Å². The number of aromatic nitrogens is 1. The van der Waals surface area contributed by atoms with Crippen LogP contribution in [0, 0.1) is 5.92 Å². The second kappa shape index (κ2) is 11.7. The maximum absolute atomic E-state index is 12.9. The van der Waals surface area contributed by atoms with Crippen LogP contribution in [-0.2, 0) is 16.0 Å². The predicted octanol–water partition coefficient (Wildman–Crippen LogP) is 6.09. The average Bonchev–Trinajstić information content (AvgIpc) is 3.60. The van der Waals surface area contributed by atoms with Crippen LogP contribution in [0.2, 0.25) is 10.0 Å². The van der Waals surface area contributed by atoms with Gasteiger partial charge >= 0.3 is 12.6 Å². The Morgan fingerprint density at radius 2 is 2.00 bits per heavy atom. The molecule has 33 heavy (non-hydrogen) atoms. The molecular formula is C23H25Cl2F2NO5. The van der Waals surface area contributed by atoms with Gasteiger partial charge in [-0.3, -0.25) is 9.59 Å². The van der Waals surface area contributed by atoms with E-state index in [9.17, 15) is 18.4 Å². The minimum Gasteiger partial charge on any atom is -0.489 e. The van der Waals surface area contributed by atoms with Crippen LogP contribution in [0.25, 0.3) is 0 Å². The first-order valence-corrected chi connectivity index (χ1v) is 11.5. The fourth-order valence-electron chi connectivity index (χ4n) is 3.18. The molecule has 0 aliphatic heterocycles. The van der Waals surface area contributed by atoms with Crippen LogP contribution in [-0.4, -0.2) is 24.2 Å². The van der Waals surface area contributed by atoms with Crippen LogP contribution in [0.15, 0.2) is 29.2 Å². The number of benzene rings is 1. The molecule has 0 radical (unpaired) electrons. The summed E-state index contributed by atoms with van der Waals surface area (Å²) in [5.41, 5.74) is 0.254. The van der Waals surface area contributed by atoms with Crippen LogP contribution in [0.5, 0.6) is 11.5 Å². The molecule has 1 fully saturated rings. The molecule has 180 valence electrons. The summed E-state index contributed by atoms with van der Waals surface area (Å²) in [5.74, 6) is -0.0493. The minimum atomic E-state index is -3.02. The van der Waals surface area contributed by atoms with E-state index in [1.807, 2.05) is 6.92 Å². The fourth-order valence-corrected chi connectivity index (χ4v) is 3.69. The zero-order valence-electron chi connectivity index (χ0n) is 18.0. The molecule has 2 aromatic rings. The van der Waals surface area contributed by atoms with Gasteiger partial charge in [-0.15, -0.1) is 0 Å². The summed E-state index contributed by atoms with van der Waals surface area (Å²) in [6.45, 7) is -0.697. The van der Waals surface area contributed by atoms with Crippen LogP contribution in [0.4, 0.5) is 8.78 Å². The number of nitrogens with one attached hydrogen (secondary N) is 1. The highest BCUT2D eigenvalue weighted by atomic mass is 35.5. The highest BCUT2D eigenvalue weighted by molar-refractivity contribution is 6.35. The Hall–Kier alpha value is -2.32. The van der Waals surface area contributed by atoms with Crippen molar-refractivity contribution in [3.63, 3.8) is 0 Å². The van der Waals surface area contributed by atoms with Gasteiger partial charge in [0, 0.05) is 24.6 Å². The van der Waals surface area contributed by atoms with Crippen molar-refractivity contribution in [3.05, 3.63) is 55.9 Å². The van der Waals surface area contributed by atoms with Gasteiger partial charge in [-0.25, -0.2) is 0 Å². The number of H-pyrrole nitrogens is 1. The monoisotopic (exact) mass is 503 g/mol. The van der Waals surface area contributed by atoms with Gasteiger partial charge in [-0.2, -0.15) is 8.78 Å². The summed E-state index contributed by atoms with van der Waals surface area (Å²) in [6.07, 6.45) is 4.14. The van der Waals surface area contributed by atoms with E-state index >= 15 is 0 Å². The Kier molecular flexibility index (Phi) is 8.97. The van der Waals surface area contributed by atoms with Crippen molar-refractivity contribution in [2.45, 2.75) is 58.2 Å². The number of esters is 1. The van der Waals surface area contributed by atoms with Crippen molar-refractivity contribution in [1.82, 2.24) is 4.98 Å². The molecule has 0 spiro atoms. The quantitative estimate of drug-likeness (QED) is 0.354. The van der Waals surface area contributed by atoms with E-state index in [2.05, 4.69) is 9.72 Å². The minimum absolute atomic E-state index is 0.0105. The number of rotatable bonds is 12. The summed E-state index contributed by atoms with van der Waals surface area (Å²) >= 11 is 12.4. The molecule has 1 aliphatic rings. The standard InChI is InChI=1S/C23H25Cl2F2NO5/c1-2-3-4-20(29)32-18(10-15-16(24)11-28-22(30)21(15)25)14-7-8-17(33-23(26)27)19(9-14)31-12-13-5-6-13/h7-9,11,13,18,23H,2-6,10,12H2,1H3,(H,28,30). The molecule has 1 aromatic carbocycles. The molecule has 1 atom stereocenters. The number of pyridine rings is 1. The maximum atomic E-state index is 12.9. The van der Waals surface area contributed by atoms with Crippen LogP contribution >= 0.6 is 23.2 Å². The third-order valence-corrected chi connectivity index (χ3v) is 5.94. The molecule has 0 amide bonds. The molecule has 1 aromatic heterocycles. The summed E-state index contributed by atoms with van der Waals surface area (Å²) in [6, 6.07) is 4.36. The van der Waals surface area contributed by atoms with Crippen LogP contribution < -0.4 is 15.0 Å². The number of unbranched alkanes of at least 4 members (excludes halogenated alkanes) is 1. The number of halogens is 4. The predicted molar refractivity (Wildman–Crippen MR) is 120 cm³/mol. The largest absolute Gasteiger partial charge is 0.489 e. The molecule has 6 nitrogen and oxygen atoms in total. The van der Waals surface area contributed by atoms with Crippen molar-refractivity contribution in [1.29, 1.82) is 0 Å².